The number of halogens is 3. The summed E-state index contributed by atoms with van der Waals surface area (Å²) >= 11 is 0. The largest absolute Gasteiger partial charge is 0.435 e. The predicted octanol–water partition coefficient (Wildman–Crippen LogP) is 1.59. The smallest absolute Gasteiger partial charge is 0.387 e. The number of piperidine rings is 1. The van der Waals surface area contributed by atoms with Crippen LogP contribution >= 0.6 is 24.0 Å². The SMILES string of the molecule is CN=C(NCCN1C(=O)CNC1=O)NC1CCCN(c2ccc(OC(F)F)cc2)C1.I. The third-order valence-corrected chi connectivity index (χ3v) is 4.98. The van der Waals surface area contributed by atoms with Crippen LogP contribution in [0.3, 0.4) is 0 Å². The van der Waals surface area contributed by atoms with Crippen LogP contribution in [0, 0.1) is 0 Å². The summed E-state index contributed by atoms with van der Waals surface area (Å²) in [6, 6.07) is 6.37. The summed E-state index contributed by atoms with van der Waals surface area (Å²) < 4.78 is 29.0. The van der Waals surface area contributed by atoms with E-state index < -0.39 is 6.61 Å². The molecule has 12 heteroatoms. The molecule has 9 nitrogen and oxygen atoms in total. The zero-order chi connectivity index (χ0) is 21.5. The van der Waals surface area contributed by atoms with Crippen molar-refractivity contribution in [2.45, 2.75) is 25.5 Å². The average Bonchev–Trinajstić information content (AvgIpc) is 3.05. The molecule has 1 aromatic carbocycles. The summed E-state index contributed by atoms with van der Waals surface area (Å²) in [7, 11) is 1.66. The molecule has 1 unspecified atom stereocenters. The summed E-state index contributed by atoms with van der Waals surface area (Å²) in [4.78, 5) is 30.7. The molecule has 0 bridgehead atoms. The topological polar surface area (TPSA) is 98.3 Å². The Morgan fingerprint density at radius 1 is 1.32 bits per heavy atom. The highest BCUT2D eigenvalue weighted by atomic mass is 127. The lowest BCUT2D eigenvalue weighted by molar-refractivity contribution is -0.124. The van der Waals surface area contributed by atoms with Crippen molar-refractivity contribution in [1.29, 1.82) is 0 Å². The highest BCUT2D eigenvalue weighted by Crippen LogP contribution is 2.23. The number of anilines is 1. The minimum absolute atomic E-state index is 0. The summed E-state index contributed by atoms with van der Waals surface area (Å²) in [5.41, 5.74) is 0.935. The Bertz CT molecular complexity index is 764. The minimum atomic E-state index is -2.84. The quantitative estimate of drug-likeness (QED) is 0.206. The van der Waals surface area contributed by atoms with E-state index in [1.807, 2.05) is 0 Å². The molecular weight excluding hydrogens is 525 g/mol. The van der Waals surface area contributed by atoms with Gasteiger partial charge in [-0.25, -0.2) is 4.79 Å². The van der Waals surface area contributed by atoms with Gasteiger partial charge in [-0.05, 0) is 37.1 Å². The summed E-state index contributed by atoms with van der Waals surface area (Å²) in [6.45, 7) is -0.555. The van der Waals surface area contributed by atoms with Gasteiger partial charge in [0.15, 0.2) is 5.96 Å². The molecule has 2 fully saturated rings. The van der Waals surface area contributed by atoms with E-state index in [-0.39, 0.29) is 60.8 Å². The summed E-state index contributed by atoms with van der Waals surface area (Å²) in [6.07, 6.45) is 1.92. The Hall–Kier alpha value is -2.38. The maximum Gasteiger partial charge on any atom is 0.387 e. The molecule has 0 aromatic heterocycles. The van der Waals surface area contributed by atoms with Crippen molar-refractivity contribution in [1.82, 2.24) is 20.9 Å². The van der Waals surface area contributed by atoms with Gasteiger partial charge >= 0.3 is 12.6 Å². The first-order chi connectivity index (χ1) is 14.5. The van der Waals surface area contributed by atoms with Crippen molar-refractivity contribution in [3.63, 3.8) is 0 Å². The Morgan fingerprint density at radius 3 is 2.68 bits per heavy atom. The van der Waals surface area contributed by atoms with Gasteiger partial charge in [-0.1, -0.05) is 0 Å². The molecule has 3 N–H and O–H groups in total. The Balaban J connectivity index is 0.00000341. The van der Waals surface area contributed by atoms with Crippen LogP contribution in [0.15, 0.2) is 29.3 Å². The van der Waals surface area contributed by atoms with Crippen molar-refractivity contribution >= 4 is 47.6 Å². The molecule has 2 saturated heterocycles. The second-order valence-electron chi connectivity index (χ2n) is 7.00. The Labute approximate surface area is 196 Å². The molecule has 2 aliphatic heterocycles. The highest BCUT2D eigenvalue weighted by molar-refractivity contribution is 14.0. The van der Waals surface area contributed by atoms with Gasteiger partial charge in [0.2, 0.25) is 5.91 Å². The number of amides is 3. The van der Waals surface area contributed by atoms with Crippen molar-refractivity contribution < 1.29 is 23.1 Å². The minimum Gasteiger partial charge on any atom is -0.435 e. The number of urea groups is 1. The molecule has 1 atom stereocenters. The number of aliphatic imine (C=N–C) groups is 1. The fourth-order valence-electron chi connectivity index (χ4n) is 3.52. The number of guanidine groups is 1. The normalized spacial score (nSPS) is 19.2. The van der Waals surface area contributed by atoms with Crippen molar-refractivity contribution in [3.05, 3.63) is 24.3 Å². The molecular formula is C19H27F2IN6O3. The van der Waals surface area contributed by atoms with E-state index in [0.717, 1.165) is 31.6 Å². The average molecular weight is 552 g/mol. The number of nitrogens with zero attached hydrogens (tertiary/aromatic N) is 3. The molecule has 0 spiro atoms. The van der Waals surface area contributed by atoms with Gasteiger partial charge in [-0.2, -0.15) is 8.78 Å². The second-order valence-corrected chi connectivity index (χ2v) is 7.00. The molecule has 2 heterocycles. The highest BCUT2D eigenvalue weighted by Gasteiger charge is 2.28. The molecule has 3 rings (SSSR count). The fourth-order valence-corrected chi connectivity index (χ4v) is 3.52. The first-order valence-electron chi connectivity index (χ1n) is 9.81. The van der Waals surface area contributed by atoms with Gasteiger partial charge in [0.05, 0.1) is 6.54 Å². The van der Waals surface area contributed by atoms with E-state index in [9.17, 15) is 18.4 Å². The number of benzene rings is 1. The van der Waals surface area contributed by atoms with Crippen LogP contribution in [-0.4, -0.2) is 75.2 Å². The number of alkyl halides is 2. The number of hydrogen-bond donors (Lipinski definition) is 3. The van der Waals surface area contributed by atoms with Crippen LogP contribution in [0.5, 0.6) is 5.75 Å². The van der Waals surface area contributed by atoms with E-state index in [1.165, 1.54) is 17.0 Å². The van der Waals surface area contributed by atoms with E-state index in [1.54, 1.807) is 19.2 Å². The molecule has 0 aliphatic carbocycles. The molecule has 31 heavy (non-hydrogen) atoms. The fraction of sp³-hybridized carbons (Fsp3) is 0.526. The zero-order valence-corrected chi connectivity index (χ0v) is 19.5. The van der Waals surface area contributed by atoms with Crippen molar-refractivity contribution in [3.8, 4) is 5.75 Å². The second kappa shape index (κ2) is 11.9. The number of carbonyl (C=O) groups excluding carboxylic acids is 2. The molecule has 0 saturated carbocycles. The van der Waals surface area contributed by atoms with E-state index in [2.05, 4.69) is 30.6 Å². The predicted molar refractivity (Wildman–Crippen MR) is 123 cm³/mol. The maximum absolute atomic E-state index is 12.3. The Morgan fingerprint density at radius 2 is 2.06 bits per heavy atom. The van der Waals surface area contributed by atoms with E-state index in [4.69, 9.17) is 0 Å². The van der Waals surface area contributed by atoms with Crippen LogP contribution in [0.1, 0.15) is 12.8 Å². The van der Waals surface area contributed by atoms with Crippen LogP contribution in [0.4, 0.5) is 19.3 Å². The van der Waals surface area contributed by atoms with Crippen LogP contribution in [-0.2, 0) is 4.79 Å². The van der Waals surface area contributed by atoms with Crippen molar-refractivity contribution in [2.24, 2.45) is 4.99 Å². The number of carbonyl (C=O) groups is 2. The van der Waals surface area contributed by atoms with E-state index in [0.29, 0.717) is 12.5 Å². The third kappa shape index (κ3) is 7.08. The van der Waals surface area contributed by atoms with Gasteiger partial charge in [-0.15, -0.1) is 24.0 Å². The molecule has 1 aromatic rings. The lowest BCUT2D eigenvalue weighted by Gasteiger charge is -2.35. The lowest BCUT2D eigenvalue weighted by atomic mass is 10.0. The van der Waals surface area contributed by atoms with Gasteiger partial charge in [0, 0.05) is 45.0 Å². The van der Waals surface area contributed by atoms with Crippen LogP contribution in [0.25, 0.3) is 0 Å². The number of hydrogen-bond acceptors (Lipinski definition) is 5. The van der Waals surface area contributed by atoms with Gasteiger partial charge in [0.1, 0.15) is 5.75 Å². The van der Waals surface area contributed by atoms with Gasteiger partial charge < -0.3 is 25.6 Å². The number of ether oxygens (including phenoxy) is 1. The molecule has 172 valence electrons. The zero-order valence-electron chi connectivity index (χ0n) is 17.1. The molecule has 3 amide bonds. The van der Waals surface area contributed by atoms with Gasteiger partial charge in [-0.3, -0.25) is 14.7 Å². The molecule has 0 radical (unpaired) electrons. The van der Waals surface area contributed by atoms with Crippen LogP contribution in [0.2, 0.25) is 0 Å². The van der Waals surface area contributed by atoms with Crippen LogP contribution < -0.4 is 25.6 Å². The van der Waals surface area contributed by atoms with Gasteiger partial charge in [0.25, 0.3) is 0 Å². The maximum atomic E-state index is 12.3. The summed E-state index contributed by atoms with van der Waals surface area (Å²) in [5, 5.41) is 8.97. The first kappa shape index (κ1) is 24.9. The number of rotatable bonds is 7. The first-order valence-corrected chi connectivity index (χ1v) is 9.81. The van der Waals surface area contributed by atoms with E-state index >= 15 is 0 Å². The number of nitrogens with one attached hydrogen (secondary N) is 3. The molecule has 2 aliphatic rings. The third-order valence-electron chi connectivity index (χ3n) is 4.98. The standard InChI is InChI=1S/C19H26F2N6O3.HI/c1-22-18(23-8-10-27-16(28)11-24-19(27)29)25-13-3-2-9-26(12-13)14-4-6-15(7-5-14)30-17(20)21;/h4-7,13,17H,2-3,8-12H2,1H3,(H,24,29)(H2,22,23,25);1H. The number of imide groups is 1. The monoisotopic (exact) mass is 552 g/mol. The summed E-state index contributed by atoms with van der Waals surface area (Å²) in [5.74, 6) is 0.488. The van der Waals surface area contributed by atoms with Crippen molar-refractivity contribution in [2.75, 3.05) is 44.7 Å². The Kier molecular flexibility index (Phi) is 9.52. The lowest BCUT2D eigenvalue weighted by Crippen LogP contribution is -2.52.